The number of nitrogens with zero attached hydrogens (tertiary/aromatic N) is 3. The first-order chi connectivity index (χ1) is 7.90. The van der Waals surface area contributed by atoms with Crippen molar-refractivity contribution in [3.8, 4) is 9.75 Å². The normalized spacial score (nSPS) is 10.5. The average molecular weight is 247 g/mol. The molecule has 0 aliphatic rings. The molecule has 2 heterocycles. The summed E-state index contributed by atoms with van der Waals surface area (Å²) < 4.78 is 0. The molecule has 0 radical (unpaired) electrons. The molecule has 0 fully saturated rings. The summed E-state index contributed by atoms with van der Waals surface area (Å²) in [6.07, 6.45) is 3.85. The van der Waals surface area contributed by atoms with Gasteiger partial charge < -0.3 is 0 Å². The Morgan fingerprint density at radius 2 is 2.25 bits per heavy atom. The minimum Gasteiger partial charge on any atom is -0.143 e. The van der Waals surface area contributed by atoms with E-state index >= 15 is 0 Å². The third kappa shape index (κ3) is 2.73. The molecule has 0 aliphatic heterocycles. The first kappa shape index (κ1) is 11.0. The Balaban J connectivity index is 2.08. The van der Waals surface area contributed by atoms with Crippen LogP contribution in [0.25, 0.3) is 26.3 Å². The van der Waals surface area contributed by atoms with Crippen molar-refractivity contribution in [2.45, 2.75) is 0 Å². The summed E-state index contributed by atoms with van der Waals surface area (Å²) in [5.74, 6) is 0. The molecule has 0 saturated heterocycles. The molecule has 0 unspecified atom stereocenters. The van der Waals surface area contributed by atoms with Crippen molar-refractivity contribution in [1.82, 2.24) is 0 Å². The molecule has 5 heteroatoms. The molecule has 2 rings (SSSR count). The van der Waals surface area contributed by atoms with Crippen LogP contribution in [0.1, 0.15) is 4.88 Å². The highest BCUT2D eigenvalue weighted by Crippen LogP contribution is 2.31. The molecule has 16 heavy (non-hydrogen) atoms. The van der Waals surface area contributed by atoms with E-state index in [0.29, 0.717) is 6.54 Å². The van der Waals surface area contributed by atoms with Crippen LogP contribution in [-0.4, -0.2) is 6.54 Å². The van der Waals surface area contributed by atoms with E-state index in [9.17, 15) is 0 Å². The van der Waals surface area contributed by atoms with E-state index in [1.165, 1.54) is 14.6 Å². The number of rotatable bonds is 4. The lowest BCUT2D eigenvalue weighted by Gasteiger charge is -1.87. The molecule has 2 aromatic rings. The highest BCUT2D eigenvalue weighted by atomic mass is 32.1. The van der Waals surface area contributed by atoms with Crippen molar-refractivity contribution in [2.75, 3.05) is 6.54 Å². The minimum atomic E-state index is 0.405. The van der Waals surface area contributed by atoms with Gasteiger partial charge in [0.15, 0.2) is 0 Å². The molecule has 0 atom stereocenters. The second-order valence-corrected chi connectivity index (χ2v) is 5.06. The van der Waals surface area contributed by atoms with Crippen LogP contribution in [0, 0.1) is 0 Å². The first-order valence-electron chi connectivity index (χ1n) is 4.71. The van der Waals surface area contributed by atoms with E-state index in [2.05, 4.69) is 39.7 Å². The van der Waals surface area contributed by atoms with Gasteiger partial charge in [0.1, 0.15) is 0 Å². The maximum Gasteiger partial charge on any atom is 0.0448 e. The maximum atomic E-state index is 8.12. The molecular formula is C11H9N3S2. The van der Waals surface area contributed by atoms with Crippen LogP contribution in [0.5, 0.6) is 0 Å². The minimum absolute atomic E-state index is 0.405. The summed E-state index contributed by atoms with van der Waals surface area (Å²) in [7, 11) is 0. The molecule has 0 bridgehead atoms. The predicted octanol–water partition coefficient (Wildman–Crippen LogP) is 4.80. The highest BCUT2D eigenvalue weighted by molar-refractivity contribution is 7.21. The largest absolute Gasteiger partial charge is 0.143 e. The molecule has 0 spiro atoms. The lowest BCUT2D eigenvalue weighted by molar-refractivity contribution is 1.22. The van der Waals surface area contributed by atoms with E-state index in [4.69, 9.17) is 5.53 Å². The van der Waals surface area contributed by atoms with E-state index in [0.717, 1.165) is 0 Å². The molecular weight excluding hydrogens is 238 g/mol. The molecule has 80 valence electrons. The van der Waals surface area contributed by atoms with Crippen LogP contribution in [0.2, 0.25) is 0 Å². The summed E-state index contributed by atoms with van der Waals surface area (Å²) in [5.41, 5.74) is 8.12. The summed E-state index contributed by atoms with van der Waals surface area (Å²) in [4.78, 5) is 6.44. The van der Waals surface area contributed by atoms with E-state index in [-0.39, 0.29) is 0 Å². The fourth-order valence-corrected chi connectivity index (χ4v) is 3.02. The molecule has 0 aromatic carbocycles. The van der Waals surface area contributed by atoms with Gasteiger partial charge in [0.05, 0.1) is 0 Å². The van der Waals surface area contributed by atoms with Crippen molar-refractivity contribution in [3.05, 3.63) is 51.0 Å². The quantitative estimate of drug-likeness (QED) is 0.423. The number of thiophene rings is 2. The Hall–Kier alpha value is -1.55. The predicted molar refractivity (Wildman–Crippen MR) is 70.7 cm³/mol. The first-order valence-corrected chi connectivity index (χ1v) is 6.41. The van der Waals surface area contributed by atoms with Gasteiger partial charge in [-0.1, -0.05) is 17.3 Å². The van der Waals surface area contributed by atoms with Crippen molar-refractivity contribution in [2.24, 2.45) is 5.11 Å². The Morgan fingerprint density at radius 1 is 1.31 bits per heavy atom. The van der Waals surface area contributed by atoms with E-state index in [1.807, 2.05) is 12.2 Å². The topological polar surface area (TPSA) is 48.8 Å². The van der Waals surface area contributed by atoms with Crippen LogP contribution in [-0.2, 0) is 0 Å². The second kappa shape index (κ2) is 5.51. The number of hydrogen-bond acceptors (Lipinski definition) is 3. The fourth-order valence-electron chi connectivity index (χ4n) is 1.25. The van der Waals surface area contributed by atoms with Gasteiger partial charge in [0.2, 0.25) is 0 Å². The lowest BCUT2D eigenvalue weighted by atomic mass is 10.3. The van der Waals surface area contributed by atoms with Gasteiger partial charge in [-0.15, -0.1) is 22.7 Å². The monoisotopic (exact) mass is 247 g/mol. The van der Waals surface area contributed by atoms with E-state index in [1.54, 1.807) is 22.7 Å². The fraction of sp³-hybridized carbons (Fsp3) is 0.0909. The van der Waals surface area contributed by atoms with E-state index < -0.39 is 0 Å². The average Bonchev–Trinajstić information content (AvgIpc) is 2.94. The van der Waals surface area contributed by atoms with Crippen LogP contribution < -0.4 is 0 Å². The molecule has 0 N–H and O–H groups in total. The Kier molecular flexibility index (Phi) is 3.77. The van der Waals surface area contributed by atoms with Crippen molar-refractivity contribution in [1.29, 1.82) is 0 Å². The van der Waals surface area contributed by atoms with Gasteiger partial charge in [0.25, 0.3) is 0 Å². The SMILES string of the molecule is [N-]=[N+]=NCC=Cc1ccc(-c2cccs2)s1. The van der Waals surface area contributed by atoms with Gasteiger partial charge >= 0.3 is 0 Å². The lowest BCUT2D eigenvalue weighted by Crippen LogP contribution is -1.65. The second-order valence-electron chi connectivity index (χ2n) is 3.00. The third-order valence-corrected chi connectivity index (χ3v) is 4.04. The number of hydrogen-bond donors (Lipinski definition) is 0. The molecule has 0 amide bonds. The zero-order chi connectivity index (χ0) is 11.2. The van der Waals surface area contributed by atoms with Gasteiger partial charge in [-0.05, 0) is 35.2 Å². The van der Waals surface area contributed by atoms with Crippen LogP contribution >= 0.6 is 22.7 Å². The van der Waals surface area contributed by atoms with Crippen molar-refractivity contribution < 1.29 is 0 Å². The van der Waals surface area contributed by atoms with Crippen molar-refractivity contribution >= 4 is 28.7 Å². The van der Waals surface area contributed by atoms with Gasteiger partial charge in [-0.3, -0.25) is 0 Å². The zero-order valence-corrected chi connectivity index (χ0v) is 10.0. The third-order valence-electron chi connectivity index (χ3n) is 1.92. The van der Waals surface area contributed by atoms with Crippen LogP contribution in [0.3, 0.4) is 0 Å². The summed E-state index contributed by atoms with van der Waals surface area (Å²) in [6, 6.07) is 8.36. The molecule has 0 saturated carbocycles. The Labute approximate surface area is 101 Å². The summed E-state index contributed by atoms with van der Waals surface area (Å²) in [5, 5.41) is 5.52. The van der Waals surface area contributed by atoms with Gasteiger partial charge in [-0.25, -0.2) is 0 Å². The Morgan fingerprint density at radius 3 is 3.00 bits per heavy atom. The molecule has 0 aliphatic carbocycles. The molecule has 2 aromatic heterocycles. The van der Waals surface area contributed by atoms with Crippen LogP contribution in [0.4, 0.5) is 0 Å². The summed E-state index contributed by atoms with van der Waals surface area (Å²) >= 11 is 3.48. The van der Waals surface area contributed by atoms with Gasteiger partial charge in [-0.2, -0.15) is 0 Å². The smallest absolute Gasteiger partial charge is 0.0448 e. The highest BCUT2D eigenvalue weighted by Gasteiger charge is 2.00. The van der Waals surface area contributed by atoms with Gasteiger partial charge in [0, 0.05) is 26.1 Å². The maximum absolute atomic E-state index is 8.12. The number of azide groups is 1. The zero-order valence-electron chi connectivity index (χ0n) is 8.41. The standard InChI is InChI=1S/C11H9N3S2/c12-14-13-7-1-3-9-5-6-11(16-9)10-4-2-8-15-10/h1-6,8H,7H2. The molecule has 3 nitrogen and oxygen atoms in total. The van der Waals surface area contributed by atoms with Crippen molar-refractivity contribution in [3.63, 3.8) is 0 Å². The van der Waals surface area contributed by atoms with Crippen LogP contribution in [0.15, 0.2) is 40.8 Å². The summed E-state index contributed by atoms with van der Waals surface area (Å²) in [6.45, 7) is 0.405. The Bertz CT molecular complexity index is 519.